The number of nitrogen functional groups attached to an aromatic ring is 2. The predicted molar refractivity (Wildman–Crippen MR) is 130 cm³/mol. The molecule has 0 fully saturated rings. The van der Waals surface area contributed by atoms with Crippen LogP contribution in [0.1, 0.15) is 0 Å². The number of likely N-dealkylation sites (N-methyl/N-ethyl adjacent to an activating group) is 1. The summed E-state index contributed by atoms with van der Waals surface area (Å²) in [7, 11) is 3.97. The predicted octanol–water partition coefficient (Wildman–Crippen LogP) is 2.25. The zero-order chi connectivity index (χ0) is 25.3. The van der Waals surface area contributed by atoms with Crippen LogP contribution in [0.2, 0.25) is 0 Å². The molecule has 0 aliphatic rings. The van der Waals surface area contributed by atoms with Gasteiger partial charge < -0.3 is 35.3 Å². The van der Waals surface area contributed by atoms with Gasteiger partial charge in [0.05, 0.1) is 69.1 Å². The van der Waals surface area contributed by atoms with Crippen molar-refractivity contribution in [3.8, 4) is 23.0 Å². The lowest BCUT2D eigenvalue weighted by Crippen LogP contribution is -2.29. The minimum atomic E-state index is -3.65. The molecule has 11 nitrogen and oxygen atoms in total. The average Bonchev–Trinajstić information content (AvgIpc) is 2.82. The number of hydrogen-bond donors (Lipinski definition) is 2. The first-order valence-corrected chi connectivity index (χ1v) is 12.5. The Morgan fingerprint density at radius 2 is 1.38 bits per heavy atom. The summed E-state index contributed by atoms with van der Waals surface area (Å²) in [6.07, 6.45) is 0. The quantitative estimate of drug-likeness (QED) is 0.125. The van der Waals surface area contributed by atoms with Crippen molar-refractivity contribution in [3.05, 3.63) is 24.3 Å². The van der Waals surface area contributed by atoms with Crippen LogP contribution >= 0.6 is 12.0 Å². The van der Waals surface area contributed by atoms with Crippen LogP contribution in [-0.2, 0) is 19.1 Å². The molecule has 0 aliphatic heterocycles. The summed E-state index contributed by atoms with van der Waals surface area (Å²) < 4.78 is 51.7. The minimum Gasteiger partial charge on any atom is -0.495 e. The SMILES string of the molecule is COc1cc(SOOCCN(C)CCS(=O)(=O)c2cc(OC)c(N)cc2OC)c(OC)cc1N. The van der Waals surface area contributed by atoms with Gasteiger partial charge in [0.25, 0.3) is 0 Å². The van der Waals surface area contributed by atoms with E-state index >= 15 is 0 Å². The minimum absolute atomic E-state index is 0.0262. The Morgan fingerprint density at radius 1 is 0.824 bits per heavy atom. The summed E-state index contributed by atoms with van der Waals surface area (Å²) in [5.74, 6) is 1.31. The molecule has 2 rings (SSSR count). The van der Waals surface area contributed by atoms with E-state index in [-0.39, 0.29) is 35.3 Å². The fraction of sp³-hybridized carbons (Fsp3) is 0.429. The average molecular weight is 518 g/mol. The molecule has 0 aromatic heterocycles. The summed E-state index contributed by atoms with van der Waals surface area (Å²) in [5.41, 5.74) is 12.4. The molecular formula is C21H31N3O8S2. The van der Waals surface area contributed by atoms with Gasteiger partial charge in [0.1, 0.15) is 27.9 Å². The van der Waals surface area contributed by atoms with Crippen LogP contribution in [0.3, 0.4) is 0 Å². The number of nitrogens with two attached hydrogens (primary N) is 2. The normalized spacial score (nSPS) is 11.5. The van der Waals surface area contributed by atoms with E-state index in [0.29, 0.717) is 34.3 Å². The smallest absolute Gasteiger partial charge is 0.183 e. The molecule has 4 N–H and O–H groups in total. The van der Waals surface area contributed by atoms with Crippen LogP contribution in [0, 0.1) is 0 Å². The molecule has 0 spiro atoms. The van der Waals surface area contributed by atoms with E-state index in [2.05, 4.69) is 0 Å². The van der Waals surface area contributed by atoms with E-state index in [1.54, 1.807) is 24.1 Å². The highest BCUT2D eigenvalue weighted by Crippen LogP contribution is 2.37. The summed E-state index contributed by atoms with van der Waals surface area (Å²) in [4.78, 5) is 7.66. The number of benzene rings is 2. The summed E-state index contributed by atoms with van der Waals surface area (Å²) >= 11 is 0.952. The second kappa shape index (κ2) is 12.8. The van der Waals surface area contributed by atoms with Gasteiger partial charge in [-0.3, -0.25) is 0 Å². The van der Waals surface area contributed by atoms with Gasteiger partial charge in [-0.05, 0) is 7.05 Å². The van der Waals surface area contributed by atoms with Crippen LogP contribution in [0.4, 0.5) is 11.4 Å². The fourth-order valence-electron chi connectivity index (χ4n) is 2.88. The Balaban J connectivity index is 1.85. The molecule has 34 heavy (non-hydrogen) atoms. The van der Waals surface area contributed by atoms with Gasteiger partial charge in [0.15, 0.2) is 9.84 Å². The van der Waals surface area contributed by atoms with Crippen LogP contribution in [-0.4, -0.2) is 74.3 Å². The van der Waals surface area contributed by atoms with Crippen molar-refractivity contribution in [3.63, 3.8) is 0 Å². The number of anilines is 2. The number of rotatable bonds is 14. The van der Waals surface area contributed by atoms with E-state index in [4.69, 9.17) is 39.6 Å². The highest BCUT2D eigenvalue weighted by atomic mass is 32.2. The third-order valence-electron chi connectivity index (χ3n) is 4.84. The standard InChI is InChI=1S/C21H31N3O8S2/c1-24(6-8-31-32-33-20-12-16(27-2)14(22)10-18(20)29-4)7-9-34(25,26)21-13-17(28-3)15(23)11-19(21)30-5/h10-13H,6-9,22-23H2,1-5H3. The molecule has 0 radical (unpaired) electrons. The topological polar surface area (TPSA) is 145 Å². The van der Waals surface area contributed by atoms with Crippen LogP contribution < -0.4 is 30.4 Å². The number of sulfone groups is 1. The van der Waals surface area contributed by atoms with Gasteiger partial charge in [0.2, 0.25) is 0 Å². The molecule has 0 aliphatic carbocycles. The van der Waals surface area contributed by atoms with E-state index in [0.717, 1.165) is 12.0 Å². The number of ether oxygens (including phenoxy) is 4. The third-order valence-corrected chi connectivity index (χ3v) is 7.21. The summed E-state index contributed by atoms with van der Waals surface area (Å²) in [6, 6.07) is 6.12. The fourth-order valence-corrected chi connectivity index (χ4v) is 4.96. The second-order valence-electron chi connectivity index (χ2n) is 7.09. The first-order chi connectivity index (χ1) is 16.2. The van der Waals surface area contributed by atoms with Gasteiger partial charge in [-0.15, -0.1) is 0 Å². The molecule has 0 saturated carbocycles. The monoisotopic (exact) mass is 517 g/mol. The highest BCUT2D eigenvalue weighted by molar-refractivity contribution is 7.94. The van der Waals surface area contributed by atoms with Crippen molar-refractivity contribution in [1.82, 2.24) is 4.90 Å². The molecule has 0 saturated heterocycles. The number of methoxy groups -OCH3 is 4. The molecule has 13 heteroatoms. The number of nitrogens with zero attached hydrogens (tertiary/aromatic N) is 1. The van der Waals surface area contributed by atoms with Gasteiger partial charge in [-0.25, -0.2) is 13.3 Å². The second-order valence-corrected chi connectivity index (χ2v) is 9.91. The van der Waals surface area contributed by atoms with Gasteiger partial charge in [-0.2, -0.15) is 4.33 Å². The molecule has 0 heterocycles. The van der Waals surface area contributed by atoms with Crippen molar-refractivity contribution in [2.75, 3.05) is 72.4 Å². The van der Waals surface area contributed by atoms with E-state index < -0.39 is 9.84 Å². The maximum absolute atomic E-state index is 12.9. The highest BCUT2D eigenvalue weighted by Gasteiger charge is 2.22. The first kappa shape index (κ1) is 27.7. The van der Waals surface area contributed by atoms with Gasteiger partial charge in [0, 0.05) is 37.4 Å². The maximum Gasteiger partial charge on any atom is 0.183 e. The lowest BCUT2D eigenvalue weighted by Gasteiger charge is -2.17. The Kier molecular flexibility index (Phi) is 10.4. The van der Waals surface area contributed by atoms with Gasteiger partial charge in [-0.1, -0.05) is 0 Å². The lowest BCUT2D eigenvalue weighted by molar-refractivity contribution is -0.192. The van der Waals surface area contributed by atoms with E-state index in [1.165, 1.54) is 40.6 Å². The summed E-state index contributed by atoms with van der Waals surface area (Å²) in [5, 5.41) is 0. The molecule has 190 valence electrons. The lowest BCUT2D eigenvalue weighted by atomic mass is 10.3. The molecule has 0 bridgehead atoms. The number of hydrogen-bond acceptors (Lipinski definition) is 12. The Morgan fingerprint density at radius 3 is 1.97 bits per heavy atom. The largest absolute Gasteiger partial charge is 0.495 e. The van der Waals surface area contributed by atoms with Crippen LogP contribution in [0.5, 0.6) is 23.0 Å². The molecule has 0 amide bonds. The molecule has 2 aromatic carbocycles. The zero-order valence-electron chi connectivity index (χ0n) is 19.8. The van der Waals surface area contributed by atoms with Crippen molar-refractivity contribution in [2.24, 2.45) is 0 Å². The molecule has 0 unspecified atom stereocenters. The molecule has 0 atom stereocenters. The van der Waals surface area contributed by atoms with Crippen LogP contribution in [0.15, 0.2) is 34.1 Å². The Hall–Kier alpha value is -2.58. The van der Waals surface area contributed by atoms with Crippen molar-refractivity contribution in [2.45, 2.75) is 9.79 Å². The van der Waals surface area contributed by atoms with E-state index in [9.17, 15) is 8.42 Å². The van der Waals surface area contributed by atoms with Crippen LogP contribution in [0.25, 0.3) is 0 Å². The first-order valence-electron chi connectivity index (χ1n) is 10.1. The Bertz CT molecular complexity index is 1070. The van der Waals surface area contributed by atoms with E-state index in [1.807, 2.05) is 0 Å². The van der Waals surface area contributed by atoms with Crippen molar-refractivity contribution in [1.29, 1.82) is 0 Å². The van der Waals surface area contributed by atoms with Crippen molar-refractivity contribution >= 4 is 33.3 Å². The molecule has 2 aromatic rings. The van der Waals surface area contributed by atoms with Gasteiger partial charge >= 0.3 is 0 Å². The molecular weight excluding hydrogens is 486 g/mol. The third kappa shape index (κ3) is 7.21. The van der Waals surface area contributed by atoms with Crippen molar-refractivity contribution < 1.29 is 36.6 Å². The zero-order valence-corrected chi connectivity index (χ0v) is 21.5. The summed E-state index contributed by atoms with van der Waals surface area (Å²) in [6.45, 7) is 0.898. The maximum atomic E-state index is 12.9. The Labute approximate surface area is 204 Å².